The molecule has 0 spiro atoms. The highest BCUT2D eigenvalue weighted by Crippen LogP contribution is 2.33. The van der Waals surface area contributed by atoms with Gasteiger partial charge in [-0.05, 0) is 32.0 Å². The van der Waals surface area contributed by atoms with Crippen molar-refractivity contribution in [3.63, 3.8) is 0 Å². The lowest BCUT2D eigenvalue weighted by Crippen LogP contribution is -2.19. The molecular weight excluding hydrogens is 336 g/mol. The first-order valence-corrected chi connectivity index (χ1v) is 7.42. The van der Waals surface area contributed by atoms with Crippen molar-refractivity contribution in [2.75, 3.05) is 6.61 Å². The average Bonchev–Trinajstić information content (AvgIpc) is 3.12. The number of carboxylic acids is 1. The second-order valence-corrected chi connectivity index (χ2v) is 5.92. The fourth-order valence-electron chi connectivity index (χ4n) is 2.16. The summed E-state index contributed by atoms with van der Waals surface area (Å²) in [6.07, 6.45) is -0.419. The van der Waals surface area contributed by atoms with Crippen LogP contribution < -0.4 is 0 Å². The van der Waals surface area contributed by atoms with Gasteiger partial charge in [0.2, 0.25) is 11.8 Å². The summed E-state index contributed by atoms with van der Waals surface area (Å²) in [5, 5.41) is 16.8. The van der Waals surface area contributed by atoms with Crippen LogP contribution in [-0.4, -0.2) is 33.7 Å². The molecule has 1 aromatic heterocycles. The quantitative estimate of drug-likeness (QED) is 0.833. The van der Waals surface area contributed by atoms with Crippen molar-refractivity contribution in [1.29, 1.82) is 0 Å². The molecule has 0 aliphatic carbocycles. The van der Waals surface area contributed by atoms with Crippen LogP contribution in [0.4, 0.5) is 0 Å². The van der Waals surface area contributed by atoms with Gasteiger partial charge < -0.3 is 19.0 Å². The molecule has 2 aromatic rings. The molecule has 8 heteroatoms. The highest BCUT2D eigenvalue weighted by atomic mass is 35.5. The zero-order valence-corrected chi connectivity index (χ0v) is 13.6. The van der Waals surface area contributed by atoms with E-state index in [0.717, 1.165) is 0 Å². The second kappa shape index (κ2) is 6.24. The summed E-state index contributed by atoms with van der Waals surface area (Å²) in [5.74, 6) is 3.16. The zero-order chi connectivity index (χ0) is 17.3. The lowest BCUT2D eigenvalue weighted by atomic mass is 10.1. The van der Waals surface area contributed by atoms with E-state index in [1.807, 2.05) is 5.92 Å². The topological polar surface area (TPSA) is 94.7 Å². The van der Waals surface area contributed by atoms with Crippen LogP contribution in [0.5, 0.6) is 0 Å². The lowest BCUT2D eigenvalue weighted by molar-refractivity contribution is -0.141. The van der Waals surface area contributed by atoms with Crippen LogP contribution in [0, 0.1) is 11.8 Å². The largest absolute Gasteiger partial charge is 0.472 e. The Labute approximate surface area is 142 Å². The molecule has 0 bridgehead atoms. The van der Waals surface area contributed by atoms with Gasteiger partial charge in [-0.2, -0.15) is 0 Å². The van der Waals surface area contributed by atoms with Gasteiger partial charge in [-0.15, -0.1) is 10.2 Å². The number of carboxylic acid groups (broad SMARTS) is 1. The van der Waals surface area contributed by atoms with Gasteiger partial charge in [-0.3, -0.25) is 0 Å². The fourth-order valence-corrected chi connectivity index (χ4v) is 2.39. The van der Waals surface area contributed by atoms with E-state index in [2.05, 4.69) is 16.1 Å². The molecule has 0 saturated carbocycles. The van der Waals surface area contributed by atoms with Gasteiger partial charge in [0.1, 0.15) is 0 Å². The molecule has 1 N–H and O–H groups in total. The highest BCUT2D eigenvalue weighted by molar-refractivity contribution is 6.32. The summed E-state index contributed by atoms with van der Waals surface area (Å²) in [6.45, 7) is 3.95. The number of rotatable bonds is 2. The fraction of sp³-hybridized carbons (Fsp3) is 0.312. The predicted molar refractivity (Wildman–Crippen MR) is 83.1 cm³/mol. The molecule has 1 aliphatic rings. The summed E-state index contributed by atoms with van der Waals surface area (Å²) in [7, 11) is 0. The lowest BCUT2D eigenvalue weighted by Gasteiger charge is -2.15. The third-order valence-corrected chi connectivity index (χ3v) is 3.56. The molecule has 1 fully saturated rings. The van der Waals surface area contributed by atoms with Crippen LogP contribution >= 0.6 is 11.6 Å². The molecular formula is C16H13ClN2O5. The smallest absolute Gasteiger partial charge is 0.382 e. The maximum Gasteiger partial charge on any atom is 0.382 e. The van der Waals surface area contributed by atoms with E-state index in [4.69, 9.17) is 30.6 Å². The number of nitrogens with zero attached hydrogens (tertiary/aromatic N) is 2. The first kappa shape index (κ1) is 16.5. The Hall–Kier alpha value is -2.40. The number of carbonyl (C=O) groups is 1. The van der Waals surface area contributed by atoms with E-state index in [-0.39, 0.29) is 5.89 Å². The molecule has 0 radical (unpaired) electrons. The van der Waals surface area contributed by atoms with Crippen molar-refractivity contribution >= 4 is 17.6 Å². The first-order valence-electron chi connectivity index (χ1n) is 7.04. The van der Waals surface area contributed by atoms with Gasteiger partial charge >= 0.3 is 5.97 Å². The number of hydrogen-bond donors (Lipinski definition) is 1. The molecule has 1 saturated heterocycles. The van der Waals surface area contributed by atoms with Crippen LogP contribution in [0.25, 0.3) is 11.5 Å². The number of halogens is 1. The maximum absolute atomic E-state index is 10.5. The zero-order valence-electron chi connectivity index (χ0n) is 12.9. The van der Waals surface area contributed by atoms with Crippen molar-refractivity contribution in [3.05, 3.63) is 34.7 Å². The number of hydrogen-bond acceptors (Lipinski definition) is 6. The Balaban J connectivity index is 1.82. The summed E-state index contributed by atoms with van der Waals surface area (Å²) < 4.78 is 16.8. The minimum Gasteiger partial charge on any atom is -0.472 e. The van der Waals surface area contributed by atoms with Gasteiger partial charge in [0.25, 0.3) is 0 Å². The van der Waals surface area contributed by atoms with Gasteiger partial charge in [0.05, 0.1) is 11.6 Å². The van der Waals surface area contributed by atoms with E-state index in [1.165, 1.54) is 0 Å². The SMILES string of the molecule is CC1(C)OC[C@H](c2nnc(-c3ccc(C#CC(=O)O)c(Cl)c3)o2)O1. The Morgan fingerprint density at radius 1 is 1.42 bits per heavy atom. The molecule has 1 aromatic carbocycles. The van der Waals surface area contributed by atoms with E-state index >= 15 is 0 Å². The number of aromatic nitrogens is 2. The first-order chi connectivity index (χ1) is 11.3. The van der Waals surface area contributed by atoms with Crippen LogP contribution in [0.1, 0.15) is 31.4 Å². The summed E-state index contributed by atoms with van der Waals surface area (Å²) in [6, 6.07) is 4.85. The van der Waals surface area contributed by atoms with Gasteiger partial charge in [0, 0.05) is 17.0 Å². The molecule has 124 valence electrons. The molecule has 2 heterocycles. The van der Waals surface area contributed by atoms with Crippen molar-refractivity contribution in [2.24, 2.45) is 0 Å². The summed E-state index contributed by atoms with van der Waals surface area (Å²) in [4.78, 5) is 10.5. The molecule has 3 rings (SSSR count). The molecule has 7 nitrogen and oxygen atoms in total. The van der Waals surface area contributed by atoms with Crippen molar-refractivity contribution in [1.82, 2.24) is 10.2 Å². The minimum atomic E-state index is -1.22. The van der Waals surface area contributed by atoms with Gasteiger partial charge in [-0.25, -0.2) is 4.79 Å². The van der Waals surface area contributed by atoms with Crippen LogP contribution in [-0.2, 0) is 14.3 Å². The van der Waals surface area contributed by atoms with Crippen molar-refractivity contribution < 1.29 is 23.8 Å². The van der Waals surface area contributed by atoms with Crippen LogP contribution in [0.15, 0.2) is 22.6 Å². The number of aliphatic carboxylic acids is 1. The summed E-state index contributed by atoms with van der Waals surface area (Å²) >= 11 is 6.10. The average molecular weight is 349 g/mol. The molecule has 1 aliphatic heterocycles. The van der Waals surface area contributed by atoms with Crippen LogP contribution in [0.3, 0.4) is 0 Å². The van der Waals surface area contributed by atoms with Crippen molar-refractivity contribution in [2.45, 2.75) is 25.7 Å². The Morgan fingerprint density at radius 3 is 2.83 bits per heavy atom. The third-order valence-electron chi connectivity index (χ3n) is 3.24. The van der Waals surface area contributed by atoms with E-state index in [0.29, 0.717) is 28.6 Å². The second-order valence-electron chi connectivity index (χ2n) is 5.51. The molecule has 1 atom stereocenters. The minimum absolute atomic E-state index is 0.276. The predicted octanol–water partition coefficient (Wildman–Crippen LogP) is 2.65. The molecule has 24 heavy (non-hydrogen) atoms. The van der Waals surface area contributed by atoms with Crippen LogP contribution in [0.2, 0.25) is 5.02 Å². The third kappa shape index (κ3) is 3.57. The number of ether oxygens (including phenoxy) is 2. The normalized spacial score (nSPS) is 18.9. The van der Waals surface area contributed by atoms with E-state index in [1.54, 1.807) is 32.0 Å². The number of benzene rings is 1. The highest BCUT2D eigenvalue weighted by Gasteiger charge is 2.36. The maximum atomic E-state index is 10.5. The molecule has 0 amide bonds. The monoisotopic (exact) mass is 348 g/mol. The van der Waals surface area contributed by atoms with E-state index < -0.39 is 17.9 Å². The van der Waals surface area contributed by atoms with Gasteiger partial charge in [0.15, 0.2) is 11.9 Å². The molecule has 0 unspecified atom stereocenters. The van der Waals surface area contributed by atoms with Gasteiger partial charge in [-0.1, -0.05) is 17.5 Å². The van der Waals surface area contributed by atoms with E-state index in [9.17, 15) is 4.79 Å². The summed E-state index contributed by atoms with van der Waals surface area (Å²) in [5.41, 5.74) is 0.995. The Kier molecular flexibility index (Phi) is 4.28. The Morgan fingerprint density at radius 2 is 2.21 bits per heavy atom. The standard InChI is InChI=1S/C16H13ClN2O5/c1-16(2)22-8-12(24-16)15-19-18-14(23-15)10-4-3-9(11(17)7-10)5-6-13(20)21/h3-4,7,12H,8H2,1-2H3,(H,20,21)/t12-/m1/s1. The Bertz CT molecular complexity index is 850. The van der Waals surface area contributed by atoms with Crippen molar-refractivity contribution in [3.8, 4) is 23.3 Å².